The fraction of sp³-hybridized carbons (Fsp3) is 0.385. The van der Waals surface area contributed by atoms with Crippen LogP contribution in [-0.2, 0) is 0 Å². The fourth-order valence-corrected chi connectivity index (χ4v) is 3.54. The van der Waals surface area contributed by atoms with Crippen LogP contribution in [0, 0.1) is 0 Å². The number of hydrogen-bond acceptors (Lipinski definition) is 4. The molecule has 1 aromatic heterocycles. The van der Waals surface area contributed by atoms with Gasteiger partial charge in [-0.2, -0.15) is 0 Å². The van der Waals surface area contributed by atoms with Gasteiger partial charge in [0.1, 0.15) is 10.0 Å². The molecule has 102 valence electrons. The van der Waals surface area contributed by atoms with E-state index in [9.17, 15) is 0 Å². The van der Waals surface area contributed by atoms with Crippen molar-refractivity contribution in [3.05, 3.63) is 32.7 Å². The molecule has 0 fully saturated rings. The van der Waals surface area contributed by atoms with Crippen molar-refractivity contribution in [1.29, 1.82) is 0 Å². The molecule has 2 rings (SSSR count). The van der Waals surface area contributed by atoms with Gasteiger partial charge in [-0.05, 0) is 38.1 Å². The van der Waals surface area contributed by atoms with Crippen LogP contribution < -0.4 is 5.32 Å². The highest BCUT2D eigenvalue weighted by Crippen LogP contribution is 2.33. The summed E-state index contributed by atoms with van der Waals surface area (Å²) in [6.07, 6.45) is 1.11. The van der Waals surface area contributed by atoms with Crippen molar-refractivity contribution < 1.29 is 0 Å². The normalized spacial score (nSPS) is 12.6. The SMILES string of the molecule is CCCNC(C)c1nnc(-c2ccc(Cl)cc2Br)s1. The standard InChI is InChI=1S/C13H15BrClN3S/c1-3-6-16-8(2)12-17-18-13(19-12)10-5-4-9(15)7-11(10)14/h4-5,7-8,16H,3,6H2,1-2H3. The summed E-state index contributed by atoms with van der Waals surface area (Å²) in [5.41, 5.74) is 1.02. The largest absolute Gasteiger partial charge is 0.308 e. The number of nitrogens with one attached hydrogen (secondary N) is 1. The van der Waals surface area contributed by atoms with Crippen molar-refractivity contribution in [3.8, 4) is 10.6 Å². The van der Waals surface area contributed by atoms with E-state index in [-0.39, 0.29) is 6.04 Å². The molecular formula is C13H15BrClN3S. The van der Waals surface area contributed by atoms with Gasteiger partial charge < -0.3 is 5.32 Å². The molecule has 6 heteroatoms. The predicted molar refractivity (Wildman–Crippen MR) is 84.8 cm³/mol. The number of hydrogen-bond donors (Lipinski definition) is 1. The van der Waals surface area contributed by atoms with E-state index in [1.54, 1.807) is 11.3 Å². The van der Waals surface area contributed by atoms with Gasteiger partial charge >= 0.3 is 0 Å². The highest BCUT2D eigenvalue weighted by Gasteiger charge is 2.14. The number of halogens is 2. The molecule has 19 heavy (non-hydrogen) atoms. The Morgan fingerprint density at radius 1 is 1.42 bits per heavy atom. The van der Waals surface area contributed by atoms with Crippen molar-refractivity contribution in [3.63, 3.8) is 0 Å². The Balaban J connectivity index is 2.20. The number of rotatable bonds is 5. The van der Waals surface area contributed by atoms with Crippen LogP contribution in [0.25, 0.3) is 10.6 Å². The summed E-state index contributed by atoms with van der Waals surface area (Å²) in [6.45, 7) is 5.24. The van der Waals surface area contributed by atoms with Crippen LogP contribution in [0.5, 0.6) is 0 Å². The molecule has 0 saturated heterocycles. The third kappa shape index (κ3) is 3.75. The lowest BCUT2D eigenvalue weighted by Gasteiger charge is -2.08. The molecule has 0 radical (unpaired) electrons. The summed E-state index contributed by atoms with van der Waals surface area (Å²) in [7, 11) is 0. The minimum atomic E-state index is 0.234. The van der Waals surface area contributed by atoms with Gasteiger partial charge in [0, 0.05) is 15.1 Å². The van der Waals surface area contributed by atoms with E-state index in [0.29, 0.717) is 5.02 Å². The molecule has 0 aliphatic rings. The quantitative estimate of drug-likeness (QED) is 0.841. The lowest BCUT2D eigenvalue weighted by molar-refractivity contribution is 0.564. The second-order valence-electron chi connectivity index (χ2n) is 4.25. The van der Waals surface area contributed by atoms with Gasteiger partial charge in [0.25, 0.3) is 0 Å². The second-order valence-corrected chi connectivity index (χ2v) is 6.55. The molecule has 2 aromatic rings. The predicted octanol–water partition coefficient (Wildman–Crippen LogP) is 4.68. The van der Waals surface area contributed by atoms with Gasteiger partial charge in [0.05, 0.1) is 6.04 Å². The first-order chi connectivity index (χ1) is 9.11. The summed E-state index contributed by atoms with van der Waals surface area (Å²) in [5.74, 6) is 0. The van der Waals surface area contributed by atoms with Crippen LogP contribution in [-0.4, -0.2) is 16.7 Å². The zero-order valence-corrected chi connectivity index (χ0v) is 13.9. The molecule has 1 unspecified atom stereocenters. The summed E-state index contributed by atoms with van der Waals surface area (Å²) in [5, 5.41) is 14.6. The molecule has 0 aliphatic carbocycles. The highest BCUT2D eigenvalue weighted by molar-refractivity contribution is 9.10. The van der Waals surface area contributed by atoms with Gasteiger partial charge in [0.2, 0.25) is 0 Å². The fourth-order valence-electron chi connectivity index (χ4n) is 1.63. The zero-order chi connectivity index (χ0) is 13.8. The number of benzene rings is 1. The minimum absolute atomic E-state index is 0.234. The molecule has 1 aromatic carbocycles. The Kier molecular flexibility index (Phi) is 5.33. The van der Waals surface area contributed by atoms with E-state index in [2.05, 4.69) is 45.3 Å². The average molecular weight is 361 g/mol. The summed E-state index contributed by atoms with van der Waals surface area (Å²) < 4.78 is 0.942. The third-order valence-corrected chi connectivity index (χ3v) is 4.70. The Labute approximate surface area is 130 Å². The van der Waals surface area contributed by atoms with Gasteiger partial charge in [-0.15, -0.1) is 10.2 Å². The van der Waals surface area contributed by atoms with Crippen molar-refractivity contribution in [2.24, 2.45) is 0 Å². The maximum atomic E-state index is 5.94. The average Bonchev–Trinajstić information content (AvgIpc) is 2.85. The first kappa shape index (κ1) is 14.9. The zero-order valence-electron chi connectivity index (χ0n) is 10.8. The molecule has 1 atom stereocenters. The number of aromatic nitrogens is 2. The smallest absolute Gasteiger partial charge is 0.148 e. The van der Waals surface area contributed by atoms with Crippen LogP contribution in [0.2, 0.25) is 5.02 Å². The van der Waals surface area contributed by atoms with Crippen molar-refractivity contribution in [1.82, 2.24) is 15.5 Å². The topological polar surface area (TPSA) is 37.8 Å². The van der Waals surface area contributed by atoms with Crippen LogP contribution >= 0.6 is 38.9 Å². The molecular weight excluding hydrogens is 346 g/mol. The van der Waals surface area contributed by atoms with E-state index in [0.717, 1.165) is 33.0 Å². The van der Waals surface area contributed by atoms with E-state index in [4.69, 9.17) is 11.6 Å². The number of nitrogens with zero attached hydrogens (tertiary/aromatic N) is 2. The van der Waals surface area contributed by atoms with E-state index >= 15 is 0 Å². The molecule has 1 heterocycles. The van der Waals surface area contributed by atoms with Crippen LogP contribution in [0.1, 0.15) is 31.3 Å². The Morgan fingerprint density at radius 2 is 2.21 bits per heavy atom. The molecule has 1 N–H and O–H groups in total. The molecule has 3 nitrogen and oxygen atoms in total. The van der Waals surface area contributed by atoms with Crippen molar-refractivity contribution in [2.75, 3.05) is 6.54 Å². The van der Waals surface area contributed by atoms with Crippen molar-refractivity contribution in [2.45, 2.75) is 26.3 Å². The summed E-state index contributed by atoms with van der Waals surface area (Å²) >= 11 is 11.1. The van der Waals surface area contributed by atoms with E-state index in [1.807, 2.05) is 18.2 Å². The molecule has 0 spiro atoms. The Bertz CT molecular complexity index is 559. The molecule has 0 bridgehead atoms. The first-order valence-corrected chi connectivity index (χ1v) is 8.12. The molecule has 0 saturated carbocycles. The maximum Gasteiger partial charge on any atom is 0.148 e. The lowest BCUT2D eigenvalue weighted by Crippen LogP contribution is -2.18. The monoisotopic (exact) mass is 359 g/mol. The summed E-state index contributed by atoms with van der Waals surface area (Å²) in [4.78, 5) is 0. The molecule has 0 aliphatic heterocycles. The minimum Gasteiger partial charge on any atom is -0.308 e. The van der Waals surface area contributed by atoms with Gasteiger partial charge in [-0.3, -0.25) is 0 Å². The van der Waals surface area contributed by atoms with Crippen molar-refractivity contribution >= 4 is 38.9 Å². The van der Waals surface area contributed by atoms with Crippen LogP contribution in [0.4, 0.5) is 0 Å². The van der Waals surface area contributed by atoms with Gasteiger partial charge in [-0.1, -0.05) is 45.8 Å². The van der Waals surface area contributed by atoms with Gasteiger partial charge in [0.15, 0.2) is 0 Å². The van der Waals surface area contributed by atoms with Crippen LogP contribution in [0.3, 0.4) is 0 Å². The maximum absolute atomic E-state index is 5.94. The second kappa shape index (κ2) is 6.79. The first-order valence-electron chi connectivity index (χ1n) is 6.14. The van der Waals surface area contributed by atoms with E-state index in [1.165, 1.54) is 0 Å². The van der Waals surface area contributed by atoms with Crippen LogP contribution in [0.15, 0.2) is 22.7 Å². The van der Waals surface area contributed by atoms with Gasteiger partial charge in [-0.25, -0.2) is 0 Å². The summed E-state index contributed by atoms with van der Waals surface area (Å²) in [6, 6.07) is 5.93. The Hall–Kier alpha value is -0.490. The lowest BCUT2D eigenvalue weighted by atomic mass is 10.2. The highest BCUT2D eigenvalue weighted by atomic mass is 79.9. The molecule has 0 amide bonds. The third-order valence-electron chi connectivity index (χ3n) is 2.67. The Morgan fingerprint density at radius 3 is 2.89 bits per heavy atom. The van der Waals surface area contributed by atoms with E-state index < -0.39 is 0 Å².